The van der Waals surface area contributed by atoms with Crippen molar-refractivity contribution in [3.63, 3.8) is 0 Å². The van der Waals surface area contributed by atoms with Crippen LogP contribution in [0.3, 0.4) is 0 Å². The number of nitrogens with zero attached hydrogens (tertiary/aromatic N) is 1. The topological polar surface area (TPSA) is 66.5 Å². The van der Waals surface area contributed by atoms with Crippen LogP contribution < -0.4 is 5.32 Å². The first kappa shape index (κ1) is 22.2. The lowest BCUT2D eigenvalue weighted by Crippen LogP contribution is -2.39. The Balaban J connectivity index is 1.82. The lowest BCUT2D eigenvalue weighted by Gasteiger charge is -2.22. The lowest BCUT2D eigenvalue weighted by molar-refractivity contribution is -0.116. The molecule has 0 unspecified atom stereocenters. The smallest absolute Gasteiger partial charge is 0.243 e. The molecule has 0 fully saturated rings. The van der Waals surface area contributed by atoms with Crippen LogP contribution in [0.25, 0.3) is 0 Å². The van der Waals surface area contributed by atoms with Gasteiger partial charge in [-0.1, -0.05) is 64.5 Å². The lowest BCUT2D eigenvalue weighted by atomic mass is 10.1. The van der Waals surface area contributed by atoms with E-state index in [0.717, 1.165) is 15.6 Å². The van der Waals surface area contributed by atoms with Crippen molar-refractivity contribution in [1.29, 1.82) is 0 Å². The fourth-order valence-electron chi connectivity index (χ4n) is 3.00. The van der Waals surface area contributed by atoms with Gasteiger partial charge in [-0.05, 0) is 54.8 Å². The Bertz CT molecular complexity index is 1100. The SMILES string of the molecule is Cc1ccccc1NC(=O)CN(CCc1ccccc1)S(=O)(=O)c1ccc(Br)cc1. The number of rotatable bonds is 8. The highest BCUT2D eigenvalue weighted by Gasteiger charge is 2.26. The maximum atomic E-state index is 13.3. The summed E-state index contributed by atoms with van der Waals surface area (Å²) in [5.41, 5.74) is 2.59. The van der Waals surface area contributed by atoms with Crippen molar-refractivity contribution in [2.45, 2.75) is 18.2 Å². The highest BCUT2D eigenvalue weighted by atomic mass is 79.9. The third-order valence-corrected chi connectivity index (χ3v) is 7.07. The van der Waals surface area contributed by atoms with Crippen molar-refractivity contribution in [2.24, 2.45) is 0 Å². The van der Waals surface area contributed by atoms with Crippen LogP contribution in [0.15, 0.2) is 88.2 Å². The first-order valence-electron chi connectivity index (χ1n) is 9.51. The van der Waals surface area contributed by atoms with E-state index in [1.807, 2.05) is 55.5 Å². The van der Waals surface area contributed by atoms with Crippen LogP contribution in [0.2, 0.25) is 0 Å². The summed E-state index contributed by atoms with van der Waals surface area (Å²) in [6.07, 6.45) is 0.508. The molecule has 1 amide bonds. The second-order valence-electron chi connectivity index (χ2n) is 6.89. The van der Waals surface area contributed by atoms with Crippen LogP contribution in [0.1, 0.15) is 11.1 Å². The van der Waals surface area contributed by atoms with E-state index in [9.17, 15) is 13.2 Å². The first-order valence-corrected chi connectivity index (χ1v) is 11.7. The van der Waals surface area contributed by atoms with E-state index in [-0.39, 0.29) is 23.9 Å². The number of hydrogen-bond donors (Lipinski definition) is 1. The molecule has 0 saturated heterocycles. The predicted molar refractivity (Wildman–Crippen MR) is 123 cm³/mol. The van der Waals surface area contributed by atoms with Crippen molar-refractivity contribution in [2.75, 3.05) is 18.4 Å². The Morgan fingerprint density at radius 1 is 0.933 bits per heavy atom. The van der Waals surface area contributed by atoms with Crippen molar-refractivity contribution in [3.8, 4) is 0 Å². The standard InChI is InChI=1S/C23H23BrN2O3S/c1-18-7-5-6-10-22(18)25-23(27)17-26(16-15-19-8-3-2-4-9-19)30(28,29)21-13-11-20(24)12-14-21/h2-14H,15-17H2,1H3,(H,25,27). The summed E-state index contributed by atoms with van der Waals surface area (Å²) in [5.74, 6) is -0.377. The minimum Gasteiger partial charge on any atom is -0.325 e. The minimum absolute atomic E-state index is 0.155. The maximum absolute atomic E-state index is 13.3. The number of sulfonamides is 1. The van der Waals surface area contributed by atoms with Crippen LogP contribution in [-0.4, -0.2) is 31.7 Å². The number of amides is 1. The van der Waals surface area contributed by atoms with Crippen LogP contribution in [0.5, 0.6) is 0 Å². The molecule has 0 atom stereocenters. The number of aryl methyl sites for hydroxylation is 1. The van der Waals surface area contributed by atoms with Crippen molar-refractivity contribution in [3.05, 3.63) is 94.5 Å². The van der Waals surface area contributed by atoms with Gasteiger partial charge in [0.15, 0.2) is 0 Å². The average Bonchev–Trinajstić information content (AvgIpc) is 2.74. The van der Waals surface area contributed by atoms with Gasteiger partial charge in [0.1, 0.15) is 0 Å². The summed E-state index contributed by atoms with van der Waals surface area (Å²) in [7, 11) is -3.83. The quantitative estimate of drug-likeness (QED) is 0.504. The zero-order chi connectivity index (χ0) is 21.6. The number of halogens is 1. The number of anilines is 1. The summed E-state index contributed by atoms with van der Waals surface area (Å²) >= 11 is 3.32. The molecule has 0 aliphatic carbocycles. The monoisotopic (exact) mass is 486 g/mol. The second kappa shape index (κ2) is 10.0. The highest BCUT2D eigenvalue weighted by molar-refractivity contribution is 9.10. The molecule has 3 aromatic rings. The van der Waals surface area contributed by atoms with Gasteiger partial charge in [-0.2, -0.15) is 4.31 Å². The average molecular weight is 487 g/mol. The molecule has 0 radical (unpaired) electrons. The second-order valence-corrected chi connectivity index (χ2v) is 9.74. The van der Waals surface area contributed by atoms with Crippen LogP contribution in [-0.2, 0) is 21.2 Å². The van der Waals surface area contributed by atoms with E-state index in [2.05, 4.69) is 21.2 Å². The largest absolute Gasteiger partial charge is 0.325 e. The molecule has 1 N–H and O–H groups in total. The number of benzene rings is 3. The Labute approximate surface area is 185 Å². The molecule has 3 aromatic carbocycles. The van der Waals surface area contributed by atoms with Gasteiger partial charge in [-0.3, -0.25) is 4.79 Å². The molecular formula is C23H23BrN2O3S. The number of hydrogen-bond acceptors (Lipinski definition) is 3. The van der Waals surface area contributed by atoms with E-state index in [1.165, 1.54) is 16.4 Å². The zero-order valence-electron chi connectivity index (χ0n) is 16.6. The van der Waals surface area contributed by atoms with Gasteiger partial charge in [0.25, 0.3) is 0 Å². The molecule has 0 aromatic heterocycles. The van der Waals surface area contributed by atoms with E-state index in [1.54, 1.807) is 18.2 Å². The fraction of sp³-hybridized carbons (Fsp3) is 0.174. The Hall–Kier alpha value is -2.48. The molecule has 0 aliphatic heterocycles. The minimum atomic E-state index is -3.83. The molecule has 30 heavy (non-hydrogen) atoms. The van der Waals surface area contributed by atoms with Crippen molar-refractivity contribution in [1.82, 2.24) is 4.31 Å². The third kappa shape index (κ3) is 5.78. The molecule has 5 nitrogen and oxygen atoms in total. The van der Waals surface area contributed by atoms with Crippen LogP contribution >= 0.6 is 15.9 Å². The highest BCUT2D eigenvalue weighted by Crippen LogP contribution is 2.20. The van der Waals surface area contributed by atoms with Crippen molar-refractivity contribution >= 4 is 37.5 Å². The summed E-state index contributed by atoms with van der Waals surface area (Å²) < 4.78 is 28.5. The van der Waals surface area contributed by atoms with Crippen LogP contribution in [0.4, 0.5) is 5.69 Å². The zero-order valence-corrected chi connectivity index (χ0v) is 19.0. The molecule has 0 spiro atoms. The van der Waals surface area contributed by atoms with E-state index in [0.29, 0.717) is 12.1 Å². The van der Waals surface area contributed by atoms with Gasteiger partial charge >= 0.3 is 0 Å². The molecule has 0 saturated carbocycles. The molecule has 156 valence electrons. The maximum Gasteiger partial charge on any atom is 0.243 e. The third-order valence-electron chi connectivity index (χ3n) is 4.68. The molecule has 0 bridgehead atoms. The summed E-state index contributed by atoms with van der Waals surface area (Å²) in [5, 5.41) is 2.82. The number of nitrogens with one attached hydrogen (secondary N) is 1. The van der Waals surface area contributed by atoms with Crippen molar-refractivity contribution < 1.29 is 13.2 Å². The normalized spacial score (nSPS) is 11.4. The number of carbonyl (C=O) groups excluding carboxylic acids is 1. The Morgan fingerprint density at radius 3 is 2.23 bits per heavy atom. The van der Waals surface area contributed by atoms with Gasteiger partial charge in [0.05, 0.1) is 11.4 Å². The number of para-hydroxylation sites is 1. The number of carbonyl (C=O) groups is 1. The van der Waals surface area contributed by atoms with Gasteiger partial charge in [0, 0.05) is 16.7 Å². The fourth-order valence-corrected chi connectivity index (χ4v) is 4.66. The van der Waals surface area contributed by atoms with E-state index >= 15 is 0 Å². The summed E-state index contributed by atoms with van der Waals surface area (Å²) in [4.78, 5) is 12.8. The Morgan fingerprint density at radius 2 is 1.57 bits per heavy atom. The summed E-state index contributed by atoms with van der Waals surface area (Å²) in [6, 6.07) is 23.4. The molecule has 3 rings (SSSR count). The molecule has 0 heterocycles. The molecular weight excluding hydrogens is 464 g/mol. The molecule has 7 heteroatoms. The van der Waals surface area contributed by atoms with Gasteiger partial charge in [-0.15, -0.1) is 0 Å². The summed E-state index contributed by atoms with van der Waals surface area (Å²) in [6.45, 7) is 1.82. The van der Waals surface area contributed by atoms with Gasteiger partial charge < -0.3 is 5.32 Å². The first-order chi connectivity index (χ1) is 14.4. The van der Waals surface area contributed by atoms with Gasteiger partial charge in [-0.25, -0.2) is 8.42 Å². The molecule has 0 aliphatic rings. The van der Waals surface area contributed by atoms with Crippen LogP contribution in [0, 0.1) is 6.92 Å². The predicted octanol–water partition coefficient (Wildman–Crippen LogP) is 4.63. The van der Waals surface area contributed by atoms with E-state index < -0.39 is 10.0 Å². The van der Waals surface area contributed by atoms with E-state index in [4.69, 9.17) is 0 Å². The Kier molecular flexibility index (Phi) is 7.42. The van der Waals surface area contributed by atoms with Gasteiger partial charge in [0.2, 0.25) is 15.9 Å².